The summed E-state index contributed by atoms with van der Waals surface area (Å²) in [7, 11) is 0. The lowest BCUT2D eigenvalue weighted by Crippen LogP contribution is -1.97. The number of aliphatic hydroxyl groups is 1. The second-order valence-corrected chi connectivity index (χ2v) is 7.36. The number of allylic oxidation sites excluding steroid dienone is 1. The van der Waals surface area contributed by atoms with Crippen LogP contribution in [-0.2, 0) is 0 Å². The van der Waals surface area contributed by atoms with E-state index in [2.05, 4.69) is 72.2 Å². The van der Waals surface area contributed by atoms with Gasteiger partial charge in [-0.25, -0.2) is 0 Å². The first-order valence-corrected chi connectivity index (χ1v) is 10.4. The fraction of sp³-hybridized carbons (Fsp3) is 0.222. The lowest BCUT2D eigenvalue weighted by molar-refractivity contribution is 0.182. The summed E-state index contributed by atoms with van der Waals surface area (Å²) in [6.45, 7) is 6.00. The van der Waals surface area contributed by atoms with Crippen molar-refractivity contribution in [2.75, 3.05) is 6.61 Å². The van der Waals surface area contributed by atoms with E-state index in [0.717, 1.165) is 53.0 Å². The van der Waals surface area contributed by atoms with E-state index < -0.39 is 0 Å². The Balaban J connectivity index is 1.60. The maximum absolute atomic E-state index is 9.29. The molecule has 0 amide bonds. The van der Waals surface area contributed by atoms with E-state index in [-0.39, 0.29) is 6.10 Å². The normalized spacial score (nSPS) is 12.1. The van der Waals surface area contributed by atoms with Gasteiger partial charge in [0.2, 0.25) is 0 Å². The predicted octanol–water partition coefficient (Wildman–Crippen LogP) is 6.54. The number of hydrogen-bond acceptors (Lipinski definition) is 3. The molecule has 30 heavy (non-hydrogen) atoms. The van der Waals surface area contributed by atoms with Gasteiger partial charge in [0.1, 0.15) is 12.4 Å². The molecule has 3 heteroatoms. The molecular weight excluding hydrogens is 370 g/mol. The summed E-state index contributed by atoms with van der Waals surface area (Å²) in [5.41, 5.74) is 5.45. The predicted molar refractivity (Wildman–Crippen MR) is 125 cm³/mol. The maximum atomic E-state index is 9.29. The molecule has 0 saturated heterocycles. The van der Waals surface area contributed by atoms with Crippen LogP contribution in [0.25, 0.3) is 28.5 Å². The van der Waals surface area contributed by atoms with E-state index in [0.29, 0.717) is 6.61 Å². The molecule has 3 rings (SSSR count). The molecule has 1 N–H and O–H groups in total. The second kappa shape index (κ2) is 11.1. The molecule has 1 unspecified atom stereocenters. The zero-order chi connectivity index (χ0) is 21.2. The van der Waals surface area contributed by atoms with Crippen LogP contribution < -0.4 is 4.74 Å². The Morgan fingerprint density at radius 3 is 2.23 bits per heavy atom. The van der Waals surface area contributed by atoms with E-state index in [4.69, 9.17) is 4.74 Å². The fourth-order valence-corrected chi connectivity index (χ4v) is 3.16. The molecule has 0 aliphatic heterocycles. The highest BCUT2D eigenvalue weighted by molar-refractivity contribution is 5.69. The number of benzene rings is 2. The van der Waals surface area contributed by atoms with Crippen molar-refractivity contribution in [2.45, 2.75) is 32.3 Å². The van der Waals surface area contributed by atoms with Gasteiger partial charge in [0.25, 0.3) is 0 Å². The lowest BCUT2D eigenvalue weighted by atomic mass is 10.0. The molecule has 3 aromatic rings. The van der Waals surface area contributed by atoms with Crippen LogP contribution in [0.5, 0.6) is 5.75 Å². The summed E-state index contributed by atoms with van der Waals surface area (Å²) in [4.78, 5) is 4.60. The highest BCUT2D eigenvalue weighted by Crippen LogP contribution is 2.25. The molecule has 2 aromatic carbocycles. The van der Waals surface area contributed by atoms with Gasteiger partial charge in [-0.3, -0.25) is 4.98 Å². The van der Waals surface area contributed by atoms with Crippen molar-refractivity contribution in [3.05, 3.63) is 91.2 Å². The zero-order valence-corrected chi connectivity index (χ0v) is 17.5. The highest BCUT2D eigenvalue weighted by Gasteiger charge is 2.02. The minimum absolute atomic E-state index is 0.221. The van der Waals surface area contributed by atoms with Crippen LogP contribution in [0.4, 0.5) is 0 Å². The first-order chi connectivity index (χ1) is 14.7. The van der Waals surface area contributed by atoms with E-state index in [1.807, 2.05) is 25.3 Å². The van der Waals surface area contributed by atoms with E-state index in [9.17, 15) is 5.11 Å². The van der Waals surface area contributed by atoms with Gasteiger partial charge in [0.15, 0.2) is 0 Å². The average Bonchev–Trinajstić information content (AvgIpc) is 2.78. The molecule has 1 aromatic heterocycles. The van der Waals surface area contributed by atoms with Gasteiger partial charge in [0.05, 0.1) is 11.8 Å². The highest BCUT2D eigenvalue weighted by atomic mass is 16.5. The Labute approximate surface area is 179 Å². The number of ether oxygens (including phenoxy) is 1. The van der Waals surface area contributed by atoms with Crippen LogP contribution in [0, 0.1) is 0 Å². The number of unbranched alkanes of at least 4 members (excludes halogenated alkanes) is 1. The first kappa shape index (κ1) is 21.5. The van der Waals surface area contributed by atoms with E-state index in [1.165, 1.54) is 0 Å². The average molecular weight is 400 g/mol. The molecule has 3 nitrogen and oxygen atoms in total. The fourth-order valence-electron chi connectivity index (χ4n) is 3.16. The van der Waals surface area contributed by atoms with Crippen molar-refractivity contribution in [1.82, 2.24) is 4.98 Å². The third-order valence-corrected chi connectivity index (χ3v) is 4.83. The zero-order valence-electron chi connectivity index (χ0n) is 17.5. The summed E-state index contributed by atoms with van der Waals surface area (Å²) in [5, 5.41) is 9.29. The molecule has 1 atom stereocenters. The number of hydrogen-bond donors (Lipinski definition) is 1. The summed E-state index contributed by atoms with van der Waals surface area (Å²) >= 11 is 0. The number of rotatable bonds is 10. The second-order valence-electron chi connectivity index (χ2n) is 7.36. The van der Waals surface area contributed by atoms with Gasteiger partial charge in [0, 0.05) is 11.8 Å². The third-order valence-electron chi connectivity index (χ3n) is 4.83. The van der Waals surface area contributed by atoms with Crippen LogP contribution in [0.15, 0.2) is 85.6 Å². The van der Waals surface area contributed by atoms with Gasteiger partial charge >= 0.3 is 0 Å². The van der Waals surface area contributed by atoms with E-state index in [1.54, 1.807) is 6.08 Å². The number of aliphatic hydroxyl groups excluding tert-OH is 1. The summed E-state index contributed by atoms with van der Waals surface area (Å²) in [5.74, 6) is 0.844. The third kappa shape index (κ3) is 6.43. The van der Waals surface area contributed by atoms with Crippen LogP contribution in [0.2, 0.25) is 0 Å². The van der Waals surface area contributed by atoms with Crippen LogP contribution >= 0.6 is 0 Å². The summed E-state index contributed by atoms with van der Waals surface area (Å²) in [6.07, 6.45) is 10.4. The van der Waals surface area contributed by atoms with Crippen molar-refractivity contribution in [1.29, 1.82) is 0 Å². The molecule has 0 spiro atoms. The Hall–Kier alpha value is -3.17. The lowest BCUT2D eigenvalue weighted by Gasteiger charge is -2.07. The van der Waals surface area contributed by atoms with Crippen molar-refractivity contribution in [3.63, 3.8) is 0 Å². The number of aromatic nitrogens is 1. The Morgan fingerprint density at radius 2 is 1.63 bits per heavy atom. The van der Waals surface area contributed by atoms with Crippen LogP contribution in [0.1, 0.15) is 31.7 Å². The molecule has 0 bridgehead atoms. The molecule has 154 valence electrons. The molecule has 0 aliphatic carbocycles. The largest absolute Gasteiger partial charge is 0.490 e. The molecule has 1 heterocycles. The first-order valence-electron chi connectivity index (χ1n) is 10.4. The Kier molecular flexibility index (Phi) is 7.99. The van der Waals surface area contributed by atoms with Crippen molar-refractivity contribution < 1.29 is 9.84 Å². The van der Waals surface area contributed by atoms with Gasteiger partial charge in [-0.05, 0) is 61.1 Å². The Bertz CT molecular complexity index is 940. The van der Waals surface area contributed by atoms with Gasteiger partial charge in [-0.2, -0.15) is 0 Å². The molecular formula is C27H29NO2. The van der Waals surface area contributed by atoms with Gasteiger partial charge in [-0.15, -0.1) is 0 Å². The minimum Gasteiger partial charge on any atom is -0.490 e. The topological polar surface area (TPSA) is 42.4 Å². The van der Waals surface area contributed by atoms with Crippen molar-refractivity contribution in [2.24, 2.45) is 0 Å². The smallest absolute Gasteiger partial charge is 0.119 e. The number of nitrogens with zero attached hydrogens (tertiary/aromatic N) is 1. The quantitative estimate of drug-likeness (QED) is 0.311. The monoisotopic (exact) mass is 399 g/mol. The molecule has 0 radical (unpaired) electrons. The van der Waals surface area contributed by atoms with E-state index >= 15 is 0 Å². The van der Waals surface area contributed by atoms with Crippen LogP contribution in [-0.4, -0.2) is 22.8 Å². The minimum atomic E-state index is -0.221. The molecule has 0 aliphatic rings. The SMILES string of the molecule is C=CCOc1ccc(-c2ccc(-c3ccc(/C=C/CCCC(C)O)cn3)cc2)cc1. The summed E-state index contributed by atoms with van der Waals surface area (Å²) < 4.78 is 5.54. The maximum Gasteiger partial charge on any atom is 0.119 e. The summed E-state index contributed by atoms with van der Waals surface area (Å²) in [6, 6.07) is 20.7. The van der Waals surface area contributed by atoms with Gasteiger partial charge in [-0.1, -0.05) is 67.3 Å². The van der Waals surface area contributed by atoms with Crippen molar-refractivity contribution >= 4 is 6.08 Å². The van der Waals surface area contributed by atoms with Crippen molar-refractivity contribution in [3.8, 4) is 28.1 Å². The van der Waals surface area contributed by atoms with Crippen LogP contribution in [0.3, 0.4) is 0 Å². The van der Waals surface area contributed by atoms with Gasteiger partial charge < -0.3 is 9.84 Å². The Morgan fingerprint density at radius 1 is 0.967 bits per heavy atom. The number of pyridine rings is 1. The molecule has 0 fully saturated rings. The standard InChI is InChI=1S/C27H29NO2/c1-3-19-30-26-16-14-24(15-17-26)23-10-12-25(13-11-23)27-18-9-22(20-28-27)8-6-4-5-7-21(2)29/h3,6,8-18,20-21,29H,1,4-5,7,19H2,2H3/b8-6+. The molecule has 0 saturated carbocycles.